The lowest BCUT2D eigenvalue weighted by Crippen LogP contribution is -2.40. The Balaban J connectivity index is 1.58. The highest BCUT2D eigenvalue weighted by atomic mass is 16.5. The Morgan fingerprint density at radius 3 is 1.71 bits per heavy atom. The molecule has 0 heterocycles. The quantitative estimate of drug-likeness (QED) is 0.316. The van der Waals surface area contributed by atoms with Crippen LogP contribution in [0.15, 0.2) is 101 Å². The van der Waals surface area contributed by atoms with Crippen molar-refractivity contribution in [1.29, 1.82) is 0 Å². The van der Waals surface area contributed by atoms with Crippen LogP contribution in [0.4, 0.5) is 5.69 Å². The largest absolute Gasteiger partial charge is 0.485 e. The lowest BCUT2D eigenvalue weighted by atomic mass is 9.99. The molecule has 0 bridgehead atoms. The second-order valence-corrected chi connectivity index (χ2v) is 8.66. The molecule has 0 unspecified atom stereocenters. The zero-order valence-corrected chi connectivity index (χ0v) is 19.8. The number of aliphatic hydroxyl groups is 1. The first kappa shape index (κ1) is 24.4. The first-order valence-electron chi connectivity index (χ1n) is 11.7. The lowest BCUT2D eigenvalue weighted by molar-refractivity contribution is -0.00187. The average Bonchev–Trinajstić information content (AvgIpc) is 2.89. The van der Waals surface area contributed by atoms with Gasteiger partial charge in [-0.25, -0.2) is 0 Å². The van der Waals surface area contributed by atoms with E-state index < -0.39 is 23.0 Å². The lowest BCUT2D eigenvalue weighted by Gasteiger charge is -2.29. The van der Waals surface area contributed by atoms with E-state index in [1.54, 1.807) is 13.8 Å². The molecule has 0 amide bonds. The van der Waals surface area contributed by atoms with E-state index in [0.717, 1.165) is 16.7 Å². The van der Waals surface area contributed by atoms with Crippen LogP contribution in [-0.4, -0.2) is 23.9 Å². The molecule has 4 aromatic rings. The molecular weight excluding hydrogens is 442 g/mol. The molecule has 4 aromatic carbocycles. The van der Waals surface area contributed by atoms with Crippen molar-refractivity contribution in [2.45, 2.75) is 38.2 Å². The van der Waals surface area contributed by atoms with E-state index in [-0.39, 0.29) is 30.3 Å². The smallest absolute Gasteiger partial charge is 0.272 e. The molecule has 6 nitrogen and oxygen atoms in total. The van der Waals surface area contributed by atoms with E-state index in [2.05, 4.69) is 5.32 Å². The van der Waals surface area contributed by atoms with E-state index in [0.29, 0.717) is 0 Å². The Morgan fingerprint density at radius 2 is 1.23 bits per heavy atom. The van der Waals surface area contributed by atoms with E-state index in [1.807, 2.05) is 91.0 Å². The van der Waals surface area contributed by atoms with Crippen molar-refractivity contribution in [3.05, 3.63) is 128 Å². The second-order valence-electron chi connectivity index (χ2n) is 8.66. The van der Waals surface area contributed by atoms with Gasteiger partial charge in [0, 0.05) is 0 Å². The summed E-state index contributed by atoms with van der Waals surface area (Å²) in [7, 11) is 0. The molecule has 0 aliphatic carbocycles. The normalized spacial score (nSPS) is 13.2. The molecule has 0 saturated heterocycles. The van der Waals surface area contributed by atoms with E-state index in [1.165, 1.54) is 0 Å². The molecule has 4 rings (SSSR count). The predicted octanol–water partition coefficient (Wildman–Crippen LogP) is 4.39. The maximum atomic E-state index is 12.3. The first-order valence-corrected chi connectivity index (χ1v) is 11.7. The fraction of sp³-hybridized carbons (Fsp3) is 0.241. The van der Waals surface area contributed by atoms with Crippen LogP contribution in [0.1, 0.15) is 42.7 Å². The maximum absolute atomic E-state index is 12.3. The molecule has 0 aliphatic rings. The van der Waals surface area contributed by atoms with Crippen LogP contribution < -0.4 is 20.9 Å². The van der Waals surface area contributed by atoms with Gasteiger partial charge in [-0.1, -0.05) is 91.0 Å². The minimum absolute atomic E-state index is 0.00509. The molecule has 35 heavy (non-hydrogen) atoms. The average molecular weight is 472 g/mol. The first-order chi connectivity index (χ1) is 17.0. The molecule has 0 fully saturated rings. The number of anilines is 1. The molecule has 2 atom stereocenters. The van der Waals surface area contributed by atoms with Gasteiger partial charge >= 0.3 is 0 Å². The van der Waals surface area contributed by atoms with Crippen molar-refractivity contribution in [1.82, 2.24) is 0 Å². The van der Waals surface area contributed by atoms with Gasteiger partial charge in [0.25, 0.3) is 10.9 Å². The van der Waals surface area contributed by atoms with Gasteiger partial charge in [0.2, 0.25) is 0 Å². The van der Waals surface area contributed by atoms with Crippen molar-refractivity contribution in [2.24, 2.45) is 0 Å². The highest BCUT2D eigenvalue weighted by Crippen LogP contribution is 2.30. The van der Waals surface area contributed by atoms with Gasteiger partial charge in [-0.3, -0.25) is 9.59 Å². The highest BCUT2D eigenvalue weighted by molar-refractivity contribution is 5.63. The fourth-order valence-corrected chi connectivity index (χ4v) is 4.00. The molecule has 0 radical (unpaired) electrons. The zero-order chi connectivity index (χ0) is 24.8. The number of aliphatic hydroxyl groups excluding tert-OH is 1. The van der Waals surface area contributed by atoms with Gasteiger partial charge < -0.3 is 19.9 Å². The molecule has 0 aromatic heterocycles. The van der Waals surface area contributed by atoms with Gasteiger partial charge in [-0.2, -0.15) is 0 Å². The summed E-state index contributed by atoms with van der Waals surface area (Å²) in [4.78, 5) is 24.4. The summed E-state index contributed by atoms with van der Waals surface area (Å²) in [6.07, 6.45) is -1.67. The monoisotopic (exact) mass is 471 g/mol. The van der Waals surface area contributed by atoms with Crippen LogP contribution in [0.5, 0.6) is 5.75 Å². The Kier molecular flexibility index (Phi) is 7.75. The maximum Gasteiger partial charge on any atom is 0.272 e. The van der Waals surface area contributed by atoms with Gasteiger partial charge in [0.15, 0.2) is 5.75 Å². The Morgan fingerprint density at radius 1 is 0.743 bits per heavy atom. The summed E-state index contributed by atoms with van der Waals surface area (Å²) in [6.45, 7) is 3.55. The number of hydrogen-bond acceptors (Lipinski definition) is 6. The van der Waals surface area contributed by atoms with Gasteiger partial charge in [-0.15, -0.1) is 0 Å². The van der Waals surface area contributed by atoms with Gasteiger partial charge in [-0.05, 0) is 30.5 Å². The Labute approximate surface area is 204 Å². The number of benzene rings is 3. The van der Waals surface area contributed by atoms with E-state index in [9.17, 15) is 14.7 Å². The molecular formula is C29H29NO5. The van der Waals surface area contributed by atoms with E-state index >= 15 is 0 Å². The summed E-state index contributed by atoms with van der Waals surface area (Å²) in [5.74, 6) is 0.00509. The fourth-order valence-electron chi connectivity index (χ4n) is 4.00. The van der Waals surface area contributed by atoms with Gasteiger partial charge in [0.05, 0.1) is 18.8 Å². The summed E-state index contributed by atoms with van der Waals surface area (Å²) in [5, 5.41) is 14.3. The predicted molar refractivity (Wildman–Crippen MR) is 137 cm³/mol. The van der Waals surface area contributed by atoms with Crippen molar-refractivity contribution >= 4 is 5.69 Å². The molecule has 0 aliphatic heterocycles. The van der Waals surface area contributed by atoms with Crippen molar-refractivity contribution < 1.29 is 14.6 Å². The van der Waals surface area contributed by atoms with Crippen LogP contribution in [0, 0.1) is 0 Å². The molecule has 0 spiro atoms. The van der Waals surface area contributed by atoms with E-state index in [4.69, 9.17) is 9.47 Å². The van der Waals surface area contributed by atoms with Crippen LogP contribution in [0.3, 0.4) is 0 Å². The van der Waals surface area contributed by atoms with Gasteiger partial charge in [0.1, 0.15) is 17.9 Å². The van der Waals surface area contributed by atoms with Crippen molar-refractivity contribution in [2.75, 3.05) is 11.9 Å². The highest BCUT2D eigenvalue weighted by Gasteiger charge is 2.30. The Hall–Kier alpha value is -3.74. The summed E-state index contributed by atoms with van der Waals surface area (Å²) in [6, 6.07) is 28.2. The summed E-state index contributed by atoms with van der Waals surface area (Å²) >= 11 is 0. The van der Waals surface area contributed by atoms with Crippen LogP contribution >= 0.6 is 0 Å². The summed E-state index contributed by atoms with van der Waals surface area (Å²) in [5.41, 5.74) is 1.45. The number of ether oxygens (including phenoxy) is 2. The van der Waals surface area contributed by atoms with Crippen LogP contribution in [0.25, 0.3) is 0 Å². The van der Waals surface area contributed by atoms with Crippen molar-refractivity contribution in [3.63, 3.8) is 0 Å². The third-order valence-electron chi connectivity index (χ3n) is 5.70. The minimum atomic E-state index is -1.02. The number of nitrogens with one attached hydrogen (secondary N) is 1. The molecule has 180 valence electrons. The zero-order valence-electron chi connectivity index (χ0n) is 19.8. The second kappa shape index (κ2) is 11.1. The Bertz CT molecular complexity index is 1240. The third-order valence-corrected chi connectivity index (χ3v) is 5.70. The number of rotatable bonds is 11. The third kappa shape index (κ3) is 5.67. The topological polar surface area (TPSA) is 84.9 Å². The standard InChI is InChI=1S/C29H29NO5/c1-19(2)35-29-25(26(32)27(29)33)30-24(20-12-6-3-7-13-20)23(31)18-34-28(21-14-8-4-9-15-21)22-16-10-5-11-17-22/h3-17,19,23-24,28,30-31H,18H2,1-2H3/t23-,24+/m0/s1. The van der Waals surface area contributed by atoms with Crippen molar-refractivity contribution in [3.8, 4) is 5.75 Å². The number of hydrogen-bond donors (Lipinski definition) is 2. The van der Waals surface area contributed by atoms with Crippen LogP contribution in [0.2, 0.25) is 0 Å². The molecule has 2 N–H and O–H groups in total. The molecule has 6 heteroatoms. The SMILES string of the molecule is CC(C)Oc1c(N[C@H](c2ccccc2)[C@@H](O)COC(c2ccccc2)c2ccccc2)c(=O)c1=O. The molecule has 0 saturated carbocycles. The minimum Gasteiger partial charge on any atom is -0.485 e. The van der Waals surface area contributed by atoms with Crippen LogP contribution in [-0.2, 0) is 4.74 Å². The summed E-state index contributed by atoms with van der Waals surface area (Å²) < 4.78 is 11.8.